The van der Waals surface area contributed by atoms with Crippen LogP contribution in [0.25, 0.3) is 10.9 Å². The normalized spacial score (nSPS) is 10.8. The summed E-state index contributed by atoms with van der Waals surface area (Å²) < 4.78 is 0. The first-order chi connectivity index (χ1) is 11.2. The number of aromatic nitrogens is 1. The lowest BCUT2D eigenvalue weighted by atomic mass is 10.1. The number of aromatic amines is 1. The number of aryl methyl sites for hydroxylation is 1. The number of hydrogen-bond acceptors (Lipinski definition) is 2. The van der Waals surface area contributed by atoms with Crippen molar-refractivity contribution in [3.05, 3.63) is 65.9 Å². The molecule has 2 aromatic carbocycles. The number of nitrogens with one attached hydrogen (secondary N) is 2. The molecule has 0 aliphatic heterocycles. The first-order valence-electron chi connectivity index (χ1n) is 7.82. The van der Waals surface area contributed by atoms with Gasteiger partial charge in [-0.05, 0) is 42.2 Å². The number of H-pyrrole nitrogens is 1. The van der Waals surface area contributed by atoms with Gasteiger partial charge in [0.2, 0.25) is 5.91 Å². The van der Waals surface area contributed by atoms with E-state index in [-0.39, 0.29) is 11.7 Å². The van der Waals surface area contributed by atoms with Gasteiger partial charge in [-0.1, -0.05) is 30.3 Å². The van der Waals surface area contributed by atoms with Gasteiger partial charge in [-0.2, -0.15) is 0 Å². The maximum absolute atomic E-state index is 12.1. The van der Waals surface area contributed by atoms with Crippen LogP contribution >= 0.6 is 0 Å². The monoisotopic (exact) mass is 308 g/mol. The minimum atomic E-state index is 0.0330. The van der Waals surface area contributed by atoms with Crippen LogP contribution in [0.4, 0.5) is 0 Å². The largest absolute Gasteiger partial charge is 0.508 e. The SMILES string of the molecule is O=C(Cc1c[nH]c2ccccc12)NCCCc1cccc(O)c1. The Hall–Kier alpha value is -2.75. The summed E-state index contributed by atoms with van der Waals surface area (Å²) in [6, 6.07) is 15.2. The van der Waals surface area contributed by atoms with E-state index >= 15 is 0 Å². The maximum Gasteiger partial charge on any atom is 0.224 e. The molecule has 0 aliphatic rings. The van der Waals surface area contributed by atoms with Crippen molar-refractivity contribution in [1.82, 2.24) is 10.3 Å². The van der Waals surface area contributed by atoms with Crippen LogP contribution in [0, 0.1) is 0 Å². The Morgan fingerprint density at radius 2 is 2.00 bits per heavy atom. The molecule has 4 heteroatoms. The Morgan fingerprint density at radius 3 is 2.87 bits per heavy atom. The summed E-state index contributed by atoms with van der Waals surface area (Å²) in [5.74, 6) is 0.316. The van der Waals surface area contributed by atoms with E-state index in [0.717, 1.165) is 34.9 Å². The van der Waals surface area contributed by atoms with Crippen molar-refractivity contribution >= 4 is 16.8 Å². The summed E-state index contributed by atoms with van der Waals surface area (Å²) in [6.07, 6.45) is 3.97. The Labute approximate surface area is 135 Å². The third-order valence-corrected chi connectivity index (χ3v) is 3.90. The molecule has 0 unspecified atom stereocenters. The number of phenols is 1. The van der Waals surface area contributed by atoms with Crippen LogP contribution in [0.15, 0.2) is 54.7 Å². The molecule has 0 saturated heterocycles. The van der Waals surface area contributed by atoms with E-state index in [9.17, 15) is 9.90 Å². The molecule has 0 radical (unpaired) electrons. The number of carbonyl (C=O) groups excluding carboxylic acids is 1. The van der Waals surface area contributed by atoms with Gasteiger partial charge >= 0.3 is 0 Å². The maximum atomic E-state index is 12.1. The Balaban J connectivity index is 1.46. The number of aromatic hydroxyl groups is 1. The van der Waals surface area contributed by atoms with Gasteiger partial charge in [0.15, 0.2) is 0 Å². The second kappa shape index (κ2) is 7.01. The first-order valence-corrected chi connectivity index (χ1v) is 7.82. The highest BCUT2D eigenvalue weighted by Crippen LogP contribution is 2.18. The van der Waals surface area contributed by atoms with Gasteiger partial charge in [0, 0.05) is 23.6 Å². The summed E-state index contributed by atoms with van der Waals surface area (Å²) in [6.45, 7) is 0.636. The topological polar surface area (TPSA) is 65.1 Å². The molecule has 0 aliphatic carbocycles. The van der Waals surface area contributed by atoms with Crippen LogP contribution in [0.3, 0.4) is 0 Å². The first kappa shape index (κ1) is 15.2. The molecule has 3 N–H and O–H groups in total. The zero-order valence-electron chi connectivity index (χ0n) is 12.9. The minimum Gasteiger partial charge on any atom is -0.508 e. The van der Waals surface area contributed by atoms with E-state index in [2.05, 4.69) is 10.3 Å². The van der Waals surface area contributed by atoms with Crippen molar-refractivity contribution in [2.45, 2.75) is 19.3 Å². The molecule has 118 valence electrons. The third-order valence-electron chi connectivity index (χ3n) is 3.90. The van der Waals surface area contributed by atoms with Crippen molar-refractivity contribution in [2.24, 2.45) is 0 Å². The molecule has 3 aromatic rings. The fourth-order valence-electron chi connectivity index (χ4n) is 2.75. The smallest absolute Gasteiger partial charge is 0.224 e. The van der Waals surface area contributed by atoms with Crippen LogP contribution in [0.1, 0.15) is 17.5 Å². The van der Waals surface area contributed by atoms with Gasteiger partial charge in [-0.15, -0.1) is 0 Å². The molecule has 0 fully saturated rings. The van der Waals surface area contributed by atoms with Gasteiger partial charge in [0.25, 0.3) is 0 Å². The Bertz CT molecular complexity index is 808. The average Bonchev–Trinajstić information content (AvgIpc) is 2.95. The molecule has 0 atom stereocenters. The van der Waals surface area contributed by atoms with Crippen LogP contribution < -0.4 is 5.32 Å². The number of hydrogen-bond donors (Lipinski definition) is 3. The van der Waals surface area contributed by atoms with Gasteiger partial charge in [-0.3, -0.25) is 4.79 Å². The number of phenolic OH excluding ortho intramolecular Hbond substituents is 1. The molecular formula is C19H20N2O2. The van der Waals surface area contributed by atoms with E-state index in [0.29, 0.717) is 13.0 Å². The molecule has 1 amide bonds. The van der Waals surface area contributed by atoms with Gasteiger partial charge in [0.05, 0.1) is 6.42 Å². The lowest BCUT2D eigenvalue weighted by Crippen LogP contribution is -2.26. The summed E-state index contributed by atoms with van der Waals surface area (Å²) in [4.78, 5) is 15.2. The number of para-hydroxylation sites is 1. The molecule has 0 spiro atoms. The standard InChI is InChI=1S/C19H20N2O2/c22-16-7-3-5-14(11-16)6-4-10-20-19(23)12-15-13-21-18-9-2-1-8-17(15)18/h1-3,5,7-9,11,13,21-22H,4,6,10,12H2,(H,20,23). The highest BCUT2D eigenvalue weighted by atomic mass is 16.3. The van der Waals surface area contributed by atoms with Crippen LogP contribution in [0.2, 0.25) is 0 Å². The molecule has 3 rings (SSSR count). The van der Waals surface area contributed by atoms with Crippen molar-refractivity contribution < 1.29 is 9.90 Å². The fraction of sp³-hybridized carbons (Fsp3) is 0.211. The number of fused-ring (bicyclic) bond motifs is 1. The molecule has 23 heavy (non-hydrogen) atoms. The highest BCUT2D eigenvalue weighted by molar-refractivity contribution is 5.88. The number of benzene rings is 2. The Kier molecular flexibility index (Phi) is 4.62. The molecule has 1 aromatic heterocycles. The predicted octanol–water partition coefficient (Wildman–Crippen LogP) is 3.17. The van der Waals surface area contributed by atoms with Gasteiger partial charge in [0.1, 0.15) is 5.75 Å². The van der Waals surface area contributed by atoms with Gasteiger partial charge in [-0.25, -0.2) is 0 Å². The lowest BCUT2D eigenvalue weighted by Gasteiger charge is -2.05. The summed E-state index contributed by atoms with van der Waals surface area (Å²) >= 11 is 0. The fourth-order valence-corrected chi connectivity index (χ4v) is 2.75. The summed E-state index contributed by atoms with van der Waals surface area (Å²) in [5.41, 5.74) is 3.15. The van der Waals surface area contributed by atoms with E-state index in [1.165, 1.54) is 0 Å². The second-order valence-corrected chi connectivity index (χ2v) is 5.66. The average molecular weight is 308 g/mol. The molecule has 0 bridgehead atoms. The minimum absolute atomic E-state index is 0.0330. The zero-order valence-corrected chi connectivity index (χ0v) is 12.9. The van der Waals surface area contributed by atoms with E-state index in [1.54, 1.807) is 12.1 Å². The Morgan fingerprint density at radius 1 is 1.13 bits per heavy atom. The highest BCUT2D eigenvalue weighted by Gasteiger charge is 2.08. The van der Waals surface area contributed by atoms with Crippen molar-refractivity contribution in [1.29, 1.82) is 0 Å². The lowest BCUT2D eigenvalue weighted by molar-refractivity contribution is -0.120. The molecule has 0 saturated carbocycles. The zero-order chi connectivity index (χ0) is 16.1. The number of rotatable bonds is 6. The van der Waals surface area contributed by atoms with Crippen molar-refractivity contribution in [2.75, 3.05) is 6.54 Å². The molecule has 1 heterocycles. The van der Waals surface area contributed by atoms with E-state index < -0.39 is 0 Å². The summed E-state index contributed by atoms with van der Waals surface area (Å²) in [7, 11) is 0. The van der Waals surface area contributed by atoms with Gasteiger partial charge < -0.3 is 15.4 Å². The van der Waals surface area contributed by atoms with Crippen molar-refractivity contribution in [3.8, 4) is 5.75 Å². The third kappa shape index (κ3) is 3.92. The number of amides is 1. The van der Waals surface area contributed by atoms with E-state index in [1.807, 2.05) is 42.6 Å². The van der Waals surface area contributed by atoms with Crippen LogP contribution in [0.5, 0.6) is 5.75 Å². The summed E-state index contributed by atoms with van der Waals surface area (Å²) in [5, 5.41) is 13.5. The second-order valence-electron chi connectivity index (χ2n) is 5.66. The van der Waals surface area contributed by atoms with Crippen LogP contribution in [-0.2, 0) is 17.6 Å². The molecular weight excluding hydrogens is 288 g/mol. The van der Waals surface area contributed by atoms with Crippen LogP contribution in [-0.4, -0.2) is 22.5 Å². The van der Waals surface area contributed by atoms with Crippen molar-refractivity contribution in [3.63, 3.8) is 0 Å². The predicted molar refractivity (Wildman–Crippen MR) is 91.4 cm³/mol. The molecule has 4 nitrogen and oxygen atoms in total. The van der Waals surface area contributed by atoms with E-state index in [4.69, 9.17) is 0 Å². The quantitative estimate of drug-likeness (QED) is 0.612. The number of carbonyl (C=O) groups is 1.